The maximum Gasteiger partial charge on any atom is 0.334 e. The van der Waals surface area contributed by atoms with Crippen molar-refractivity contribution in [3.05, 3.63) is 59.7 Å². The highest BCUT2D eigenvalue weighted by Crippen LogP contribution is 2.38. The Labute approximate surface area is 187 Å². The van der Waals surface area contributed by atoms with Gasteiger partial charge in [-0.1, -0.05) is 30.3 Å². The van der Waals surface area contributed by atoms with Crippen LogP contribution in [0.15, 0.2) is 48.5 Å². The van der Waals surface area contributed by atoms with Crippen molar-refractivity contribution in [2.24, 2.45) is 5.73 Å². The molecular formula is C23H31N3O6. The lowest BCUT2D eigenvalue weighted by atomic mass is 10.0. The van der Waals surface area contributed by atoms with Crippen LogP contribution in [0, 0.1) is 0 Å². The van der Waals surface area contributed by atoms with Crippen LogP contribution in [0.3, 0.4) is 0 Å². The maximum absolute atomic E-state index is 11.6. The number of amides is 2. The molecule has 9 heteroatoms. The predicted octanol–water partition coefficient (Wildman–Crippen LogP) is 2.97. The van der Waals surface area contributed by atoms with Crippen LogP contribution in [0.2, 0.25) is 0 Å². The third-order valence-electron chi connectivity index (χ3n) is 4.54. The predicted molar refractivity (Wildman–Crippen MR) is 120 cm³/mol. The summed E-state index contributed by atoms with van der Waals surface area (Å²) in [4.78, 5) is 21.7. The molecule has 2 aromatic rings. The van der Waals surface area contributed by atoms with Crippen LogP contribution >= 0.6 is 0 Å². The van der Waals surface area contributed by atoms with Crippen molar-refractivity contribution >= 4 is 12.0 Å². The van der Waals surface area contributed by atoms with E-state index in [1.807, 2.05) is 57.2 Å². The summed E-state index contributed by atoms with van der Waals surface area (Å²) < 4.78 is 16.3. The summed E-state index contributed by atoms with van der Waals surface area (Å²) in [5.41, 5.74) is 6.21. The summed E-state index contributed by atoms with van der Waals surface area (Å²) in [5.74, 6) is 0.221. The molecule has 9 nitrogen and oxygen atoms in total. The van der Waals surface area contributed by atoms with Gasteiger partial charge in [0.1, 0.15) is 17.7 Å². The Hall–Kier alpha value is -3.30. The first-order valence-electron chi connectivity index (χ1n) is 10.0. The van der Waals surface area contributed by atoms with Gasteiger partial charge in [0.15, 0.2) is 6.10 Å². The van der Waals surface area contributed by atoms with E-state index >= 15 is 0 Å². The molecule has 2 aromatic carbocycles. The lowest BCUT2D eigenvalue weighted by Gasteiger charge is -2.17. The summed E-state index contributed by atoms with van der Waals surface area (Å²) in [5, 5.41) is 15.3. The Balaban J connectivity index is 0.000000390. The third-order valence-corrected chi connectivity index (χ3v) is 4.54. The molecule has 174 valence electrons. The summed E-state index contributed by atoms with van der Waals surface area (Å²) in [6.45, 7) is 5.62. The monoisotopic (exact) mass is 445 g/mol. The van der Waals surface area contributed by atoms with Gasteiger partial charge in [-0.2, -0.15) is 0 Å². The number of nitrogens with two attached hydrogens (primary N) is 1. The number of hydrogen-bond donors (Lipinski definition) is 4. The van der Waals surface area contributed by atoms with Crippen molar-refractivity contribution in [2.45, 2.75) is 44.7 Å². The zero-order chi connectivity index (χ0) is 23.9. The van der Waals surface area contributed by atoms with Gasteiger partial charge in [0.25, 0.3) is 0 Å². The van der Waals surface area contributed by atoms with Gasteiger partial charge in [0.2, 0.25) is 0 Å². The molecule has 0 aliphatic carbocycles. The molecule has 32 heavy (non-hydrogen) atoms. The molecule has 0 aromatic heterocycles. The van der Waals surface area contributed by atoms with Gasteiger partial charge in [0.05, 0.1) is 20.3 Å². The van der Waals surface area contributed by atoms with Crippen molar-refractivity contribution in [2.75, 3.05) is 14.2 Å². The van der Waals surface area contributed by atoms with E-state index in [0.29, 0.717) is 11.5 Å². The highest BCUT2D eigenvalue weighted by molar-refractivity contribution is 5.74. The molecule has 5 N–H and O–H groups in total. The molecule has 1 unspecified atom stereocenters. The van der Waals surface area contributed by atoms with Crippen LogP contribution in [0.1, 0.15) is 44.2 Å². The number of rotatable bonds is 5. The first kappa shape index (κ1) is 25.0. The lowest BCUT2D eigenvalue weighted by Crippen LogP contribution is -2.43. The number of urea groups is 1. The minimum absolute atomic E-state index is 0.203. The van der Waals surface area contributed by atoms with E-state index in [1.165, 1.54) is 0 Å². The van der Waals surface area contributed by atoms with E-state index in [-0.39, 0.29) is 5.54 Å². The smallest absolute Gasteiger partial charge is 0.334 e. The van der Waals surface area contributed by atoms with Gasteiger partial charge in [-0.15, -0.1) is 0 Å². The fourth-order valence-electron chi connectivity index (χ4n) is 3.21. The van der Waals surface area contributed by atoms with Gasteiger partial charge in [0, 0.05) is 17.2 Å². The lowest BCUT2D eigenvalue weighted by molar-refractivity contribution is -0.150. The van der Waals surface area contributed by atoms with Gasteiger partial charge in [-0.25, -0.2) is 9.59 Å². The second kappa shape index (κ2) is 10.8. The molecular weight excluding hydrogens is 414 g/mol. The fraction of sp³-hybridized carbons (Fsp3) is 0.391. The number of nitrogens with one attached hydrogen (secondary N) is 2. The summed E-state index contributed by atoms with van der Waals surface area (Å²) in [6.07, 6.45) is -1.57. The van der Waals surface area contributed by atoms with Crippen LogP contribution in [0.5, 0.6) is 11.5 Å². The average Bonchev–Trinajstić information content (AvgIpc) is 3.18. The molecule has 1 fully saturated rings. The average molecular weight is 446 g/mol. The van der Waals surface area contributed by atoms with E-state index < -0.39 is 30.4 Å². The molecule has 1 aliphatic heterocycles. The van der Waals surface area contributed by atoms with Gasteiger partial charge in [-0.05, 0) is 38.5 Å². The van der Waals surface area contributed by atoms with Crippen LogP contribution in [-0.2, 0) is 9.53 Å². The molecule has 3 atom stereocenters. The number of methoxy groups -OCH3 is 2. The molecule has 0 radical (unpaired) electrons. The van der Waals surface area contributed by atoms with Crippen LogP contribution in [0.4, 0.5) is 4.79 Å². The van der Waals surface area contributed by atoms with Crippen molar-refractivity contribution in [1.29, 1.82) is 0 Å². The van der Waals surface area contributed by atoms with Gasteiger partial charge in [-0.3, -0.25) is 5.32 Å². The molecule has 1 aliphatic rings. The van der Waals surface area contributed by atoms with E-state index in [4.69, 9.17) is 19.9 Å². The van der Waals surface area contributed by atoms with Crippen LogP contribution in [-0.4, -0.2) is 43.0 Å². The SMILES string of the molecule is CC(C)(C)NC(N)=O.COc1ccc(C2N[C@@H](c3ccccc3)[C@H](C(=O)O)O2)c(OC)c1. The maximum atomic E-state index is 11.6. The first-order valence-corrected chi connectivity index (χ1v) is 10.0. The second-order valence-electron chi connectivity index (χ2n) is 8.18. The normalized spacial score (nSPS) is 20.0. The highest BCUT2D eigenvalue weighted by Gasteiger charge is 2.41. The number of aliphatic carboxylic acids is 1. The number of primary amides is 1. The highest BCUT2D eigenvalue weighted by atomic mass is 16.5. The largest absolute Gasteiger partial charge is 0.497 e. The number of carbonyl (C=O) groups is 2. The Kier molecular flexibility index (Phi) is 8.45. The van der Waals surface area contributed by atoms with Crippen LogP contribution < -0.4 is 25.8 Å². The molecule has 2 amide bonds. The number of carboxylic acid groups (broad SMARTS) is 1. The minimum Gasteiger partial charge on any atom is -0.497 e. The van der Waals surface area contributed by atoms with Crippen LogP contribution in [0.25, 0.3) is 0 Å². The number of hydrogen-bond acceptors (Lipinski definition) is 6. The summed E-state index contributed by atoms with van der Waals surface area (Å²) >= 11 is 0. The van der Waals surface area contributed by atoms with Crippen molar-refractivity contribution in [3.63, 3.8) is 0 Å². The number of carboxylic acids is 1. The molecule has 1 saturated heterocycles. The standard InChI is InChI=1S/C18H19NO5.C5H12N2O/c1-22-12-8-9-13(14(10-12)23-2)17-19-15(16(24-17)18(20)21)11-6-4-3-5-7-11;1-5(2,3)7-4(6)8/h3-10,15-17,19H,1-2H3,(H,20,21);1-3H3,(H3,6,7,8)/t15-,16+,17?;/m0./s1. The number of carbonyl (C=O) groups excluding carboxylic acids is 1. The first-order chi connectivity index (χ1) is 15.1. The molecule has 1 heterocycles. The molecule has 3 rings (SSSR count). The molecule has 0 saturated carbocycles. The Morgan fingerprint density at radius 2 is 1.75 bits per heavy atom. The molecule has 0 spiro atoms. The van der Waals surface area contributed by atoms with Crippen molar-refractivity contribution in [3.8, 4) is 11.5 Å². The zero-order valence-corrected chi connectivity index (χ0v) is 18.9. The van der Waals surface area contributed by atoms with Crippen molar-refractivity contribution < 1.29 is 28.9 Å². The zero-order valence-electron chi connectivity index (χ0n) is 18.9. The van der Waals surface area contributed by atoms with E-state index in [2.05, 4.69) is 10.6 Å². The minimum atomic E-state index is -1.01. The summed E-state index contributed by atoms with van der Waals surface area (Å²) in [7, 11) is 3.13. The van der Waals surface area contributed by atoms with Gasteiger partial charge >= 0.3 is 12.0 Å². The molecule has 0 bridgehead atoms. The van der Waals surface area contributed by atoms with E-state index in [0.717, 1.165) is 11.1 Å². The second-order valence-corrected chi connectivity index (χ2v) is 8.18. The summed E-state index contributed by atoms with van der Waals surface area (Å²) in [6, 6.07) is 13.8. The Bertz CT molecular complexity index is 914. The van der Waals surface area contributed by atoms with E-state index in [1.54, 1.807) is 26.4 Å². The number of benzene rings is 2. The van der Waals surface area contributed by atoms with Gasteiger partial charge < -0.3 is 30.4 Å². The fourth-order valence-corrected chi connectivity index (χ4v) is 3.21. The quantitative estimate of drug-likeness (QED) is 0.556. The number of ether oxygens (including phenoxy) is 3. The van der Waals surface area contributed by atoms with Crippen molar-refractivity contribution in [1.82, 2.24) is 10.6 Å². The third kappa shape index (κ3) is 6.86. The topological polar surface area (TPSA) is 132 Å². The Morgan fingerprint density at radius 1 is 1.09 bits per heavy atom. The Morgan fingerprint density at radius 3 is 2.22 bits per heavy atom. The van der Waals surface area contributed by atoms with E-state index in [9.17, 15) is 14.7 Å².